The molecule has 1 fully saturated rings. The molecule has 0 bridgehead atoms. The molecule has 1 atom stereocenters. The van der Waals surface area contributed by atoms with Crippen molar-refractivity contribution in [3.8, 4) is 5.75 Å². The summed E-state index contributed by atoms with van der Waals surface area (Å²) < 4.78 is 5.57. The standard InChI is InChI=1S/C15H22N2O2/c1-12(16)13-6-5-7-14(10-13)19-11-15(18)17-8-3-2-4-9-17/h5-7,10,12H,2-4,8-9,11,16H2,1H3. The summed E-state index contributed by atoms with van der Waals surface area (Å²) in [6.45, 7) is 3.77. The van der Waals surface area contributed by atoms with Crippen molar-refractivity contribution in [2.45, 2.75) is 32.2 Å². The molecular formula is C15H22N2O2. The lowest BCUT2D eigenvalue weighted by Gasteiger charge is -2.26. The molecule has 19 heavy (non-hydrogen) atoms. The lowest BCUT2D eigenvalue weighted by Crippen LogP contribution is -2.38. The van der Waals surface area contributed by atoms with Crippen molar-refractivity contribution in [3.05, 3.63) is 29.8 Å². The summed E-state index contributed by atoms with van der Waals surface area (Å²) in [5, 5.41) is 0. The van der Waals surface area contributed by atoms with Crippen LogP contribution in [0.1, 0.15) is 37.8 Å². The van der Waals surface area contributed by atoms with E-state index >= 15 is 0 Å². The number of rotatable bonds is 4. The minimum atomic E-state index is -0.0265. The van der Waals surface area contributed by atoms with Gasteiger partial charge in [0.15, 0.2) is 6.61 Å². The number of hydrogen-bond donors (Lipinski definition) is 1. The van der Waals surface area contributed by atoms with Crippen LogP contribution in [-0.4, -0.2) is 30.5 Å². The van der Waals surface area contributed by atoms with Crippen LogP contribution in [0, 0.1) is 0 Å². The molecule has 0 aliphatic carbocycles. The lowest BCUT2D eigenvalue weighted by molar-refractivity contribution is -0.134. The third kappa shape index (κ3) is 3.96. The Morgan fingerprint density at radius 2 is 2.11 bits per heavy atom. The molecule has 0 aromatic heterocycles. The van der Waals surface area contributed by atoms with E-state index in [4.69, 9.17) is 10.5 Å². The van der Waals surface area contributed by atoms with Crippen LogP contribution >= 0.6 is 0 Å². The molecule has 1 aliphatic rings. The van der Waals surface area contributed by atoms with Crippen LogP contribution in [0.3, 0.4) is 0 Å². The van der Waals surface area contributed by atoms with Gasteiger partial charge in [-0.15, -0.1) is 0 Å². The van der Waals surface area contributed by atoms with Crippen LogP contribution in [0.15, 0.2) is 24.3 Å². The van der Waals surface area contributed by atoms with E-state index in [1.807, 2.05) is 36.1 Å². The molecule has 2 N–H and O–H groups in total. The molecule has 1 heterocycles. The highest BCUT2D eigenvalue weighted by molar-refractivity contribution is 5.77. The van der Waals surface area contributed by atoms with E-state index in [1.165, 1.54) is 6.42 Å². The monoisotopic (exact) mass is 262 g/mol. The number of likely N-dealkylation sites (tertiary alicyclic amines) is 1. The largest absolute Gasteiger partial charge is 0.484 e. The highest BCUT2D eigenvalue weighted by atomic mass is 16.5. The number of ether oxygens (including phenoxy) is 1. The van der Waals surface area contributed by atoms with Gasteiger partial charge in [0.2, 0.25) is 0 Å². The Hall–Kier alpha value is -1.55. The van der Waals surface area contributed by atoms with E-state index in [9.17, 15) is 4.79 Å². The molecule has 4 nitrogen and oxygen atoms in total. The average molecular weight is 262 g/mol. The molecule has 1 saturated heterocycles. The molecule has 1 aliphatic heterocycles. The van der Waals surface area contributed by atoms with Gasteiger partial charge in [0, 0.05) is 19.1 Å². The number of carbonyl (C=O) groups is 1. The van der Waals surface area contributed by atoms with Gasteiger partial charge in [0.1, 0.15) is 5.75 Å². The summed E-state index contributed by atoms with van der Waals surface area (Å²) in [4.78, 5) is 13.9. The zero-order valence-corrected chi connectivity index (χ0v) is 11.5. The summed E-state index contributed by atoms with van der Waals surface area (Å²) in [6.07, 6.45) is 3.43. The van der Waals surface area contributed by atoms with E-state index in [0.717, 1.165) is 31.5 Å². The Labute approximate surface area is 114 Å². The molecular weight excluding hydrogens is 240 g/mol. The van der Waals surface area contributed by atoms with Gasteiger partial charge in [-0.05, 0) is 43.9 Å². The number of benzene rings is 1. The Balaban J connectivity index is 1.87. The number of piperidine rings is 1. The van der Waals surface area contributed by atoms with Gasteiger partial charge in [0.05, 0.1) is 0 Å². The van der Waals surface area contributed by atoms with Crippen molar-refractivity contribution >= 4 is 5.91 Å². The fourth-order valence-corrected chi connectivity index (χ4v) is 2.27. The smallest absolute Gasteiger partial charge is 0.260 e. The Morgan fingerprint density at radius 1 is 1.37 bits per heavy atom. The molecule has 2 rings (SSSR count). The van der Waals surface area contributed by atoms with E-state index in [2.05, 4.69) is 0 Å². The first-order valence-corrected chi connectivity index (χ1v) is 6.93. The Kier molecular flexibility index (Phi) is 4.80. The van der Waals surface area contributed by atoms with Crippen molar-refractivity contribution in [1.29, 1.82) is 0 Å². The summed E-state index contributed by atoms with van der Waals surface area (Å²) in [6, 6.07) is 7.59. The van der Waals surface area contributed by atoms with E-state index in [-0.39, 0.29) is 18.6 Å². The Bertz CT molecular complexity index is 426. The maximum Gasteiger partial charge on any atom is 0.260 e. The molecule has 1 amide bonds. The van der Waals surface area contributed by atoms with Crippen LogP contribution in [-0.2, 0) is 4.79 Å². The van der Waals surface area contributed by atoms with Crippen LogP contribution in [0.4, 0.5) is 0 Å². The second-order valence-electron chi connectivity index (χ2n) is 5.09. The molecule has 1 aromatic carbocycles. The van der Waals surface area contributed by atoms with Gasteiger partial charge in [-0.3, -0.25) is 4.79 Å². The van der Waals surface area contributed by atoms with E-state index in [1.54, 1.807) is 0 Å². The van der Waals surface area contributed by atoms with Crippen LogP contribution in [0.5, 0.6) is 5.75 Å². The number of carbonyl (C=O) groups excluding carboxylic acids is 1. The summed E-state index contributed by atoms with van der Waals surface area (Å²) in [5.41, 5.74) is 6.84. The predicted octanol–water partition coefficient (Wildman–Crippen LogP) is 2.10. The minimum absolute atomic E-state index is 0.0265. The number of nitrogens with two attached hydrogens (primary N) is 1. The van der Waals surface area contributed by atoms with E-state index < -0.39 is 0 Å². The third-order valence-corrected chi connectivity index (χ3v) is 3.45. The SMILES string of the molecule is CC(N)c1cccc(OCC(=O)N2CCCCC2)c1. The van der Waals surface area contributed by atoms with Gasteiger partial charge in [-0.25, -0.2) is 0 Å². The second kappa shape index (κ2) is 6.57. The van der Waals surface area contributed by atoms with Crippen LogP contribution in [0.25, 0.3) is 0 Å². The molecule has 4 heteroatoms. The van der Waals surface area contributed by atoms with E-state index in [0.29, 0.717) is 5.75 Å². The number of nitrogens with zero attached hydrogens (tertiary/aromatic N) is 1. The van der Waals surface area contributed by atoms with Gasteiger partial charge in [-0.2, -0.15) is 0 Å². The molecule has 104 valence electrons. The topological polar surface area (TPSA) is 55.6 Å². The van der Waals surface area contributed by atoms with Gasteiger partial charge >= 0.3 is 0 Å². The highest BCUT2D eigenvalue weighted by Crippen LogP contribution is 2.18. The lowest BCUT2D eigenvalue weighted by atomic mass is 10.1. The Morgan fingerprint density at radius 3 is 2.79 bits per heavy atom. The van der Waals surface area contributed by atoms with Crippen molar-refractivity contribution < 1.29 is 9.53 Å². The molecule has 1 unspecified atom stereocenters. The van der Waals surface area contributed by atoms with Crippen LogP contribution in [0.2, 0.25) is 0 Å². The van der Waals surface area contributed by atoms with Crippen molar-refractivity contribution in [3.63, 3.8) is 0 Å². The molecule has 1 aromatic rings. The highest BCUT2D eigenvalue weighted by Gasteiger charge is 2.16. The maximum absolute atomic E-state index is 12.0. The quantitative estimate of drug-likeness (QED) is 0.904. The zero-order chi connectivity index (χ0) is 13.7. The second-order valence-corrected chi connectivity index (χ2v) is 5.09. The predicted molar refractivity (Wildman–Crippen MR) is 75.0 cm³/mol. The summed E-state index contributed by atoms with van der Waals surface area (Å²) in [7, 11) is 0. The molecule has 0 saturated carbocycles. The minimum Gasteiger partial charge on any atom is -0.484 e. The van der Waals surface area contributed by atoms with Gasteiger partial charge < -0.3 is 15.4 Å². The zero-order valence-electron chi connectivity index (χ0n) is 11.5. The molecule has 0 spiro atoms. The summed E-state index contributed by atoms with van der Waals surface area (Å²) in [5.74, 6) is 0.783. The average Bonchev–Trinajstić information content (AvgIpc) is 2.46. The molecule has 0 radical (unpaired) electrons. The third-order valence-electron chi connectivity index (χ3n) is 3.45. The fourth-order valence-electron chi connectivity index (χ4n) is 2.27. The van der Waals surface area contributed by atoms with Crippen molar-refractivity contribution in [2.75, 3.05) is 19.7 Å². The van der Waals surface area contributed by atoms with Crippen LogP contribution < -0.4 is 10.5 Å². The fraction of sp³-hybridized carbons (Fsp3) is 0.533. The first kappa shape index (κ1) is 13.9. The van der Waals surface area contributed by atoms with Crippen molar-refractivity contribution in [2.24, 2.45) is 5.73 Å². The normalized spacial score (nSPS) is 17.1. The number of hydrogen-bond acceptors (Lipinski definition) is 3. The maximum atomic E-state index is 12.0. The first-order valence-electron chi connectivity index (χ1n) is 6.93. The van der Waals surface area contributed by atoms with Gasteiger partial charge in [-0.1, -0.05) is 12.1 Å². The summed E-state index contributed by atoms with van der Waals surface area (Å²) >= 11 is 0. The van der Waals surface area contributed by atoms with Crippen molar-refractivity contribution in [1.82, 2.24) is 4.90 Å². The van der Waals surface area contributed by atoms with Gasteiger partial charge in [0.25, 0.3) is 5.91 Å². The first-order chi connectivity index (χ1) is 9.16. The number of amides is 1.